The third-order valence-corrected chi connectivity index (χ3v) is 5.43. The Bertz CT molecular complexity index is 826. The SMILES string of the molecule is CC(CNC(=S)Nc1nc2ccccc2s1)c1c(Cl)cccc1Cl. The number of halogens is 2. The van der Waals surface area contributed by atoms with Gasteiger partial charge in [0.25, 0.3) is 0 Å². The minimum atomic E-state index is 0.126. The average Bonchev–Trinajstić information content (AvgIpc) is 2.95. The highest BCUT2D eigenvalue weighted by atomic mass is 35.5. The van der Waals surface area contributed by atoms with Crippen molar-refractivity contribution < 1.29 is 0 Å². The Morgan fingerprint density at radius 3 is 2.58 bits per heavy atom. The summed E-state index contributed by atoms with van der Waals surface area (Å²) in [7, 11) is 0. The van der Waals surface area contributed by atoms with Crippen molar-refractivity contribution in [3.63, 3.8) is 0 Å². The summed E-state index contributed by atoms with van der Waals surface area (Å²) in [6, 6.07) is 13.5. The molecule has 124 valence electrons. The molecule has 1 heterocycles. The molecule has 1 aromatic heterocycles. The number of benzene rings is 2. The predicted molar refractivity (Wildman–Crippen MR) is 109 cm³/mol. The topological polar surface area (TPSA) is 37.0 Å². The van der Waals surface area contributed by atoms with Crippen LogP contribution in [0.4, 0.5) is 5.13 Å². The summed E-state index contributed by atoms with van der Waals surface area (Å²) >= 11 is 19.4. The Morgan fingerprint density at radius 2 is 1.88 bits per heavy atom. The summed E-state index contributed by atoms with van der Waals surface area (Å²) in [6.07, 6.45) is 0. The molecular weight excluding hydrogens is 381 g/mol. The maximum Gasteiger partial charge on any atom is 0.190 e. The third kappa shape index (κ3) is 3.98. The summed E-state index contributed by atoms with van der Waals surface area (Å²) in [5.41, 5.74) is 1.89. The summed E-state index contributed by atoms with van der Waals surface area (Å²) < 4.78 is 1.12. The minimum Gasteiger partial charge on any atom is -0.362 e. The first-order valence-electron chi connectivity index (χ1n) is 7.39. The van der Waals surface area contributed by atoms with Gasteiger partial charge in [0.1, 0.15) is 0 Å². The molecule has 0 amide bonds. The van der Waals surface area contributed by atoms with E-state index in [2.05, 4.69) is 22.5 Å². The van der Waals surface area contributed by atoms with Gasteiger partial charge in [-0.3, -0.25) is 0 Å². The zero-order chi connectivity index (χ0) is 17.1. The number of thiocarbonyl (C=S) groups is 1. The number of nitrogens with one attached hydrogen (secondary N) is 2. The van der Waals surface area contributed by atoms with Crippen molar-refractivity contribution in [3.8, 4) is 0 Å². The van der Waals surface area contributed by atoms with E-state index >= 15 is 0 Å². The van der Waals surface area contributed by atoms with Gasteiger partial charge in [-0.15, -0.1) is 0 Å². The number of fused-ring (bicyclic) bond motifs is 1. The van der Waals surface area contributed by atoms with Gasteiger partial charge in [-0.2, -0.15) is 0 Å². The molecule has 3 aromatic rings. The van der Waals surface area contributed by atoms with Crippen LogP contribution in [-0.4, -0.2) is 16.6 Å². The number of thiazole rings is 1. The summed E-state index contributed by atoms with van der Waals surface area (Å²) in [6.45, 7) is 2.68. The molecule has 1 unspecified atom stereocenters. The van der Waals surface area contributed by atoms with E-state index in [4.69, 9.17) is 35.4 Å². The second-order valence-corrected chi connectivity index (χ2v) is 7.61. The molecule has 0 fully saturated rings. The molecule has 7 heteroatoms. The molecule has 0 saturated heterocycles. The molecule has 0 aliphatic heterocycles. The predicted octanol–water partition coefficient (Wildman–Crippen LogP) is 5.69. The first-order chi connectivity index (χ1) is 11.5. The monoisotopic (exact) mass is 395 g/mol. The van der Waals surface area contributed by atoms with Crippen LogP contribution in [0.5, 0.6) is 0 Å². The smallest absolute Gasteiger partial charge is 0.190 e. The van der Waals surface area contributed by atoms with E-state index in [1.807, 2.05) is 42.5 Å². The second kappa shape index (κ2) is 7.66. The highest BCUT2D eigenvalue weighted by Gasteiger charge is 2.14. The highest BCUT2D eigenvalue weighted by molar-refractivity contribution is 7.80. The first kappa shape index (κ1) is 17.4. The van der Waals surface area contributed by atoms with E-state index < -0.39 is 0 Å². The van der Waals surface area contributed by atoms with Crippen molar-refractivity contribution in [2.24, 2.45) is 0 Å². The van der Waals surface area contributed by atoms with Crippen LogP contribution in [0.2, 0.25) is 10.0 Å². The van der Waals surface area contributed by atoms with E-state index in [1.165, 1.54) is 0 Å². The lowest BCUT2D eigenvalue weighted by Crippen LogP contribution is -2.31. The van der Waals surface area contributed by atoms with Gasteiger partial charge in [-0.25, -0.2) is 4.98 Å². The van der Waals surface area contributed by atoms with Crippen molar-refractivity contribution in [1.82, 2.24) is 10.3 Å². The van der Waals surface area contributed by atoms with Crippen LogP contribution in [-0.2, 0) is 0 Å². The Kier molecular flexibility index (Phi) is 5.56. The largest absolute Gasteiger partial charge is 0.362 e. The molecule has 3 nitrogen and oxygen atoms in total. The molecule has 24 heavy (non-hydrogen) atoms. The summed E-state index contributed by atoms with van der Waals surface area (Å²) in [5.74, 6) is 0.126. The fourth-order valence-corrected chi connectivity index (χ4v) is 4.28. The molecule has 3 rings (SSSR count). The zero-order valence-corrected chi connectivity index (χ0v) is 16.0. The van der Waals surface area contributed by atoms with Gasteiger partial charge in [0.2, 0.25) is 0 Å². The Hall–Kier alpha value is -1.40. The van der Waals surface area contributed by atoms with Gasteiger partial charge in [0.15, 0.2) is 10.2 Å². The average molecular weight is 396 g/mol. The number of anilines is 1. The lowest BCUT2D eigenvalue weighted by atomic mass is 10.0. The molecule has 0 radical (unpaired) electrons. The fourth-order valence-electron chi connectivity index (χ4n) is 2.40. The number of nitrogens with zero attached hydrogens (tertiary/aromatic N) is 1. The number of rotatable bonds is 4. The molecular formula is C17H15Cl2N3S2. The maximum atomic E-state index is 6.25. The van der Waals surface area contributed by atoms with Gasteiger partial charge in [-0.05, 0) is 42.0 Å². The lowest BCUT2D eigenvalue weighted by molar-refractivity contribution is 0.724. The van der Waals surface area contributed by atoms with E-state index in [1.54, 1.807) is 11.3 Å². The molecule has 0 aliphatic carbocycles. The van der Waals surface area contributed by atoms with E-state index in [0.29, 0.717) is 21.7 Å². The van der Waals surface area contributed by atoms with Crippen LogP contribution < -0.4 is 10.6 Å². The molecule has 0 aliphatic rings. The maximum absolute atomic E-state index is 6.25. The Morgan fingerprint density at radius 1 is 1.17 bits per heavy atom. The standard InChI is InChI=1S/C17H15Cl2N3S2/c1-10(15-11(18)5-4-6-12(15)19)9-20-16(23)22-17-21-13-7-2-3-8-14(13)24-17/h2-8,10H,9H2,1H3,(H2,20,21,22,23). The number of aromatic nitrogens is 1. The van der Waals surface area contributed by atoms with Crippen molar-refractivity contribution in [2.75, 3.05) is 11.9 Å². The molecule has 2 aromatic carbocycles. The Labute approximate surface area is 160 Å². The molecule has 0 bridgehead atoms. The van der Waals surface area contributed by atoms with Crippen LogP contribution in [0.15, 0.2) is 42.5 Å². The number of para-hydroxylation sites is 1. The van der Waals surface area contributed by atoms with Crippen molar-refractivity contribution in [1.29, 1.82) is 0 Å². The minimum absolute atomic E-state index is 0.126. The Balaban J connectivity index is 1.61. The van der Waals surface area contributed by atoms with Crippen LogP contribution in [0.1, 0.15) is 18.4 Å². The number of hydrogen-bond donors (Lipinski definition) is 2. The normalized spacial score (nSPS) is 12.1. The van der Waals surface area contributed by atoms with Crippen LogP contribution in [0, 0.1) is 0 Å². The van der Waals surface area contributed by atoms with Crippen molar-refractivity contribution >= 4 is 67.2 Å². The molecule has 1 atom stereocenters. The second-order valence-electron chi connectivity index (χ2n) is 5.36. The first-order valence-corrected chi connectivity index (χ1v) is 9.37. The fraction of sp³-hybridized carbons (Fsp3) is 0.176. The van der Waals surface area contributed by atoms with Crippen molar-refractivity contribution in [3.05, 3.63) is 58.1 Å². The lowest BCUT2D eigenvalue weighted by Gasteiger charge is -2.17. The van der Waals surface area contributed by atoms with Gasteiger partial charge in [-0.1, -0.05) is 59.7 Å². The number of hydrogen-bond acceptors (Lipinski definition) is 3. The highest BCUT2D eigenvalue weighted by Crippen LogP contribution is 2.31. The van der Waals surface area contributed by atoms with Crippen molar-refractivity contribution in [2.45, 2.75) is 12.8 Å². The van der Waals surface area contributed by atoms with Gasteiger partial charge in [0, 0.05) is 22.5 Å². The molecule has 2 N–H and O–H groups in total. The summed E-state index contributed by atoms with van der Waals surface area (Å²) in [5, 5.41) is 8.97. The molecule has 0 spiro atoms. The van der Waals surface area contributed by atoms with Crippen LogP contribution >= 0.6 is 46.8 Å². The third-order valence-electron chi connectivity index (χ3n) is 3.58. The summed E-state index contributed by atoms with van der Waals surface area (Å²) in [4.78, 5) is 4.50. The van der Waals surface area contributed by atoms with Crippen LogP contribution in [0.3, 0.4) is 0 Å². The molecule has 0 saturated carbocycles. The van der Waals surface area contributed by atoms with E-state index in [-0.39, 0.29) is 5.92 Å². The zero-order valence-electron chi connectivity index (χ0n) is 12.8. The quantitative estimate of drug-likeness (QED) is 0.556. The van der Waals surface area contributed by atoms with E-state index in [0.717, 1.165) is 20.9 Å². The van der Waals surface area contributed by atoms with Gasteiger partial charge in [0.05, 0.1) is 10.2 Å². The van der Waals surface area contributed by atoms with Gasteiger partial charge < -0.3 is 10.6 Å². The van der Waals surface area contributed by atoms with E-state index in [9.17, 15) is 0 Å². The van der Waals surface area contributed by atoms with Crippen LogP contribution in [0.25, 0.3) is 10.2 Å². The van der Waals surface area contributed by atoms with Gasteiger partial charge >= 0.3 is 0 Å².